The zero-order chi connectivity index (χ0) is 14.4. The molecule has 1 atom stereocenters. The van der Waals surface area contributed by atoms with E-state index < -0.39 is 23.6 Å². The van der Waals surface area contributed by atoms with Crippen molar-refractivity contribution in [1.82, 2.24) is 4.57 Å². The van der Waals surface area contributed by atoms with Gasteiger partial charge in [-0.05, 0) is 19.1 Å². The molecule has 19 heavy (non-hydrogen) atoms. The van der Waals surface area contributed by atoms with Crippen LogP contribution in [0.2, 0.25) is 0 Å². The fraction of sp³-hybridized carbons (Fsp3) is 0.308. The van der Waals surface area contributed by atoms with Gasteiger partial charge in [0.2, 0.25) is 0 Å². The van der Waals surface area contributed by atoms with E-state index in [1.54, 1.807) is 6.07 Å². The summed E-state index contributed by atoms with van der Waals surface area (Å²) in [4.78, 5) is 11.0. The highest BCUT2D eigenvalue weighted by molar-refractivity contribution is 5.87. The number of rotatable bonds is 2. The van der Waals surface area contributed by atoms with Crippen LogP contribution in [0.15, 0.2) is 24.3 Å². The van der Waals surface area contributed by atoms with Crippen molar-refractivity contribution in [3.63, 3.8) is 0 Å². The Kier molecular flexibility index (Phi) is 3.04. The molecule has 0 fully saturated rings. The summed E-state index contributed by atoms with van der Waals surface area (Å²) in [6.07, 6.45) is -4.46. The molecule has 1 N–H and O–H groups in total. The molecule has 0 aliphatic rings. The van der Waals surface area contributed by atoms with E-state index in [1.165, 1.54) is 30.7 Å². The van der Waals surface area contributed by atoms with Crippen molar-refractivity contribution in [1.29, 1.82) is 0 Å². The molecule has 0 aliphatic carbocycles. The van der Waals surface area contributed by atoms with Crippen molar-refractivity contribution in [3.05, 3.63) is 35.5 Å². The van der Waals surface area contributed by atoms with E-state index in [0.717, 1.165) is 6.07 Å². The highest BCUT2D eigenvalue weighted by Gasteiger charge is 2.34. The highest BCUT2D eigenvalue weighted by atomic mass is 19.4. The van der Waals surface area contributed by atoms with Crippen molar-refractivity contribution in [2.75, 3.05) is 0 Å². The van der Waals surface area contributed by atoms with Crippen LogP contribution in [0, 0.1) is 0 Å². The summed E-state index contributed by atoms with van der Waals surface area (Å²) in [5.74, 6) is -1.93. The normalized spacial score (nSPS) is 13.7. The summed E-state index contributed by atoms with van der Waals surface area (Å²) in [5, 5.41) is 9.37. The Morgan fingerprint density at radius 1 is 1.37 bits per heavy atom. The van der Waals surface area contributed by atoms with Gasteiger partial charge in [0.1, 0.15) is 0 Å². The lowest BCUT2D eigenvalue weighted by Crippen LogP contribution is -2.12. The van der Waals surface area contributed by atoms with E-state index >= 15 is 0 Å². The Balaban J connectivity index is 2.75. The second-order valence-corrected chi connectivity index (χ2v) is 4.43. The number of aromatic nitrogens is 1. The summed E-state index contributed by atoms with van der Waals surface area (Å²) in [6, 6.07) is 5.35. The third-order valence-corrected chi connectivity index (χ3v) is 3.21. The molecule has 1 aromatic heterocycles. The zero-order valence-electron chi connectivity index (χ0n) is 10.3. The van der Waals surface area contributed by atoms with Crippen LogP contribution in [0.5, 0.6) is 0 Å². The van der Waals surface area contributed by atoms with Gasteiger partial charge in [0.25, 0.3) is 0 Å². The van der Waals surface area contributed by atoms with E-state index in [2.05, 4.69) is 0 Å². The van der Waals surface area contributed by atoms with Gasteiger partial charge in [-0.2, -0.15) is 13.2 Å². The fourth-order valence-corrected chi connectivity index (χ4v) is 2.21. The first-order valence-corrected chi connectivity index (χ1v) is 5.62. The Morgan fingerprint density at radius 2 is 2.00 bits per heavy atom. The number of carboxylic acid groups (broad SMARTS) is 1. The average Bonchev–Trinajstić information content (AvgIpc) is 2.64. The molecule has 0 bridgehead atoms. The first-order valence-electron chi connectivity index (χ1n) is 5.62. The minimum Gasteiger partial charge on any atom is -0.481 e. The number of carbonyl (C=O) groups is 1. The van der Waals surface area contributed by atoms with E-state index in [9.17, 15) is 18.0 Å². The lowest BCUT2D eigenvalue weighted by atomic mass is 10.1. The first kappa shape index (κ1) is 13.5. The number of hydrogen-bond donors (Lipinski definition) is 1. The fourth-order valence-electron chi connectivity index (χ4n) is 2.21. The van der Waals surface area contributed by atoms with Crippen LogP contribution >= 0.6 is 0 Å². The van der Waals surface area contributed by atoms with E-state index in [0.29, 0.717) is 11.1 Å². The molecule has 0 amide bonds. The average molecular weight is 271 g/mol. The number of aliphatic carboxylic acids is 1. The molecule has 1 unspecified atom stereocenters. The van der Waals surface area contributed by atoms with Crippen molar-refractivity contribution in [3.8, 4) is 0 Å². The van der Waals surface area contributed by atoms with E-state index in [1.807, 2.05) is 0 Å². The molecule has 0 saturated heterocycles. The molecule has 0 saturated carbocycles. The lowest BCUT2D eigenvalue weighted by molar-refractivity contribution is -0.138. The molecule has 2 aromatic rings. The maximum absolute atomic E-state index is 12.9. The van der Waals surface area contributed by atoms with E-state index in [4.69, 9.17) is 5.11 Å². The quantitative estimate of drug-likeness (QED) is 0.909. The van der Waals surface area contributed by atoms with Crippen LogP contribution in [0.1, 0.15) is 24.1 Å². The molecule has 3 nitrogen and oxygen atoms in total. The number of aryl methyl sites for hydroxylation is 1. The maximum Gasteiger partial charge on any atom is 0.418 e. The standard InChI is InChI=1S/C13H12F3NO2/c1-7(12(18)19)10-6-8-4-3-5-9(13(14,15)16)11(8)17(10)2/h3-7H,1-2H3,(H,18,19). The number of fused-ring (bicyclic) bond motifs is 1. The van der Waals surface area contributed by atoms with Gasteiger partial charge in [-0.15, -0.1) is 0 Å². The van der Waals surface area contributed by atoms with Crippen molar-refractivity contribution in [2.45, 2.75) is 19.0 Å². The topological polar surface area (TPSA) is 42.2 Å². The number of halogens is 3. The van der Waals surface area contributed by atoms with Crippen LogP contribution in [-0.2, 0) is 18.0 Å². The highest BCUT2D eigenvalue weighted by Crippen LogP contribution is 2.36. The molecule has 102 valence electrons. The lowest BCUT2D eigenvalue weighted by Gasteiger charge is -2.12. The van der Waals surface area contributed by atoms with Gasteiger partial charge in [-0.25, -0.2) is 0 Å². The molecule has 0 aliphatic heterocycles. The largest absolute Gasteiger partial charge is 0.481 e. The second-order valence-electron chi connectivity index (χ2n) is 4.43. The van der Waals surface area contributed by atoms with Crippen LogP contribution in [0.4, 0.5) is 13.2 Å². The number of nitrogens with zero attached hydrogens (tertiary/aromatic N) is 1. The number of para-hydroxylation sites is 1. The monoisotopic (exact) mass is 271 g/mol. The summed E-state index contributed by atoms with van der Waals surface area (Å²) in [7, 11) is 1.45. The summed E-state index contributed by atoms with van der Waals surface area (Å²) >= 11 is 0. The number of hydrogen-bond acceptors (Lipinski definition) is 1. The minimum absolute atomic E-state index is 0.0121. The van der Waals surface area contributed by atoms with E-state index in [-0.39, 0.29) is 5.52 Å². The van der Waals surface area contributed by atoms with Gasteiger partial charge >= 0.3 is 12.1 Å². The second kappa shape index (κ2) is 4.29. The first-order chi connectivity index (χ1) is 8.73. The van der Waals surface area contributed by atoms with Gasteiger partial charge in [0.05, 0.1) is 17.0 Å². The van der Waals surface area contributed by atoms with Crippen molar-refractivity contribution < 1.29 is 23.1 Å². The van der Waals surface area contributed by atoms with Crippen molar-refractivity contribution in [2.24, 2.45) is 7.05 Å². The third-order valence-electron chi connectivity index (χ3n) is 3.21. The summed E-state index contributed by atoms with van der Waals surface area (Å²) in [5.41, 5.74) is -0.395. The van der Waals surface area contributed by atoms with Crippen LogP contribution in [-0.4, -0.2) is 15.6 Å². The molecular weight excluding hydrogens is 259 g/mol. The molecule has 0 radical (unpaired) electrons. The Labute approximate surface area is 107 Å². The number of alkyl halides is 3. The molecule has 1 aromatic carbocycles. The Bertz CT molecular complexity index is 643. The minimum atomic E-state index is -4.46. The van der Waals surface area contributed by atoms with Gasteiger partial charge in [0.15, 0.2) is 0 Å². The summed E-state index contributed by atoms with van der Waals surface area (Å²) in [6.45, 7) is 1.45. The van der Waals surface area contributed by atoms with Gasteiger partial charge in [-0.3, -0.25) is 4.79 Å². The Morgan fingerprint density at radius 3 is 2.53 bits per heavy atom. The van der Waals surface area contributed by atoms with Crippen LogP contribution in [0.3, 0.4) is 0 Å². The maximum atomic E-state index is 12.9. The molecule has 2 rings (SSSR count). The molecule has 6 heteroatoms. The Hall–Kier alpha value is -1.98. The molecular formula is C13H12F3NO2. The predicted octanol–water partition coefficient (Wildman–Crippen LogP) is 3.39. The van der Waals surface area contributed by atoms with Crippen LogP contribution in [0.25, 0.3) is 10.9 Å². The van der Waals surface area contributed by atoms with Gasteiger partial charge in [0, 0.05) is 18.1 Å². The third kappa shape index (κ3) is 2.18. The summed E-state index contributed by atoms with van der Waals surface area (Å²) < 4.78 is 40.1. The number of carboxylic acids is 1. The van der Waals surface area contributed by atoms with Gasteiger partial charge in [-0.1, -0.05) is 12.1 Å². The molecule has 0 spiro atoms. The zero-order valence-corrected chi connectivity index (χ0v) is 10.3. The van der Waals surface area contributed by atoms with Crippen molar-refractivity contribution >= 4 is 16.9 Å². The smallest absolute Gasteiger partial charge is 0.418 e. The molecule has 1 heterocycles. The SMILES string of the molecule is CC(C(=O)O)c1cc2cccc(C(F)(F)F)c2n1C. The number of benzene rings is 1. The van der Waals surface area contributed by atoms with Crippen LogP contribution < -0.4 is 0 Å². The predicted molar refractivity (Wildman–Crippen MR) is 64.0 cm³/mol. The van der Waals surface area contributed by atoms with Gasteiger partial charge < -0.3 is 9.67 Å².